The van der Waals surface area contributed by atoms with Gasteiger partial charge in [0.2, 0.25) is 0 Å². The van der Waals surface area contributed by atoms with Crippen molar-refractivity contribution < 1.29 is 4.21 Å². The van der Waals surface area contributed by atoms with Crippen LogP contribution >= 0.6 is 0 Å². The van der Waals surface area contributed by atoms with Crippen molar-refractivity contribution in [1.82, 2.24) is 18.9 Å². The summed E-state index contributed by atoms with van der Waals surface area (Å²) >= 11 is 0. The summed E-state index contributed by atoms with van der Waals surface area (Å²) in [6.45, 7) is 2.05. The molecule has 0 saturated carbocycles. The lowest BCUT2D eigenvalue weighted by molar-refractivity contribution is 0.678. The second-order valence-corrected chi connectivity index (χ2v) is 8.90. The third-order valence-corrected chi connectivity index (χ3v) is 6.70. The van der Waals surface area contributed by atoms with E-state index in [2.05, 4.69) is 31.7 Å². The number of anilines is 3. The predicted octanol–water partition coefficient (Wildman–Crippen LogP) is 5.16. The Balaban J connectivity index is 1.45. The van der Waals surface area contributed by atoms with Crippen LogP contribution in [0.3, 0.4) is 0 Å². The number of rotatable bonds is 6. The average Bonchev–Trinajstić information content (AvgIpc) is 3.29. The number of hydrogen-bond donors (Lipinski definition) is 2. The van der Waals surface area contributed by atoms with Gasteiger partial charge >= 0.3 is 0 Å². The van der Waals surface area contributed by atoms with E-state index in [4.69, 9.17) is 0 Å². The van der Waals surface area contributed by atoms with Crippen molar-refractivity contribution in [2.75, 3.05) is 17.7 Å². The van der Waals surface area contributed by atoms with Crippen LogP contribution in [-0.4, -0.2) is 30.2 Å². The van der Waals surface area contributed by atoms with E-state index in [1.165, 1.54) is 6.33 Å². The minimum Gasteiger partial charge on any atom is -0.388 e. The summed E-state index contributed by atoms with van der Waals surface area (Å²) < 4.78 is 14.6. The maximum atomic E-state index is 13.0. The van der Waals surface area contributed by atoms with Gasteiger partial charge in [-0.05, 0) is 48.9 Å². The lowest BCUT2D eigenvalue weighted by atomic mass is 10.1. The molecule has 7 nitrogen and oxygen atoms in total. The van der Waals surface area contributed by atoms with Gasteiger partial charge in [-0.15, -0.1) is 0 Å². The van der Waals surface area contributed by atoms with Crippen LogP contribution in [0.4, 0.5) is 17.2 Å². The molecule has 8 heteroatoms. The van der Waals surface area contributed by atoms with Crippen LogP contribution in [0.25, 0.3) is 22.3 Å². The minimum absolute atomic E-state index is 0.660. The zero-order valence-electron chi connectivity index (χ0n) is 18.2. The molecule has 33 heavy (non-hydrogen) atoms. The van der Waals surface area contributed by atoms with E-state index in [1.807, 2.05) is 74.6 Å². The largest absolute Gasteiger partial charge is 0.388 e. The summed E-state index contributed by atoms with van der Waals surface area (Å²) in [5, 5.41) is 7.42. The van der Waals surface area contributed by atoms with Crippen molar-refractivity contribution in [3.63, 3.8) is 0 Å². The topological polar surface area (TPSA) is 84.7 Å². The van der Waals surface area contributed by atoms with Gasteiger partial charge < -0.3 is 10.6 Å². The first-order valence-electron chi connectivity index (χ1n) is 10.4. The maximum absolute atomic E-state index is 13.0. The van der Waals surface area contributed by atoms with E-state index in [1.54, 1.807) is 16.4 Å². The molecule has 0 bridgehead atoms. The molecule has 0 amide bonds. The zero-order valence-corrected chi connectivity index (χ0v) is 19.0. The minimum atomic E-state index is -1.36. The number of nitrogens with zero attached hydrogens (tertiary/aromatic N) is 4. The molecule has 0 aliphatic rings. The van der Waals surface area contributed by atoms with Gasteiger partial charge in [0.25, 0.3) is 0 Å². The third-order valence-electron chi connectivity index (χ3n) is 5.37. The quantitative estimate of drug-likeness (QED) is 0.369. The fourth-order valence-corrected chi connectivity index (χ4v) is 4.66. The molecule has 1 unspecified atom stereocenters. The van der Waals surface area contributed by atoms with Gasteiger partial charge in [0.05, 0.1) is 10.6 Å². The van der Waals surface area contributed by atoms with Gasteiger partial charge in [-0.1, -0.05) is 24.3 Å². The van der Waals surface area contributed by atoms with Gasteiger partial charge in [0.1, 0.15) is 12.1 Å². The second-order valence-electron chi connectivity index (χ2n) is 7.53. The van der Waals surface area contributed by atoms with Crippen LogP contribution < -0.4 is 10.6 Å². The molecule has 0 aliphatic carbocycles. The molecule has 2 N–H and O–H groups in total. The molecule has 5 rings (SSSR count). The number of hydrogen-bond acceptors (Lipinski definition) is 6. The number of aromatic nitrogens is 4. The van der Waals surface area contributed by atoms with Crippen molar-refractivity contribution in [2.24, 2.45) is 0 Å². The zero-order chi connectivity index (χ0) is 22.8. The van der Waals surface area contributed by atoms with E-state index in [9.17, 15) is 4.21 Å². The highest BCUT2D eigenvalue weighted by Gasteiger charge is 2.12. The Morgan fingerprint density at radius 1 is 0.939 bits per heavy atom. The molecule has 1 atom stereocenters. The number of aryl methyl sites for hydroxylation is 1. The molecule has 3 aromatic heterocycles. The number of nitrogens with one attached hydrogen (secondary N) is 2. The highest BCUT2D eigenvalue weighted by atomic mass is 32.2. The first-order valence-corrected chi connectivity index (χ1v) is 11.6. The first-order chi connectivity index (χ1) is 16.1. The summed E-state index contributed by atoms with van der Waals surface area (Å²) in [6.07, 6.45) is 5.09. The first kappa shape index (κ1) is 20.8. The average molecular weight is 455 g/mol. The second kappa shape index (κ2) is 8.84. The van der Waals surface area contributed by atoms with E-state index in [0.29, 0.717) is 11.5 Å². The molecule has 0 radical (unpaired) electrons. The Bertz CT molecular complexity index is 1460. The van der Waals surface area contributed by atoms with Crippen LogP contribution in [0.15, 0.2) is 90.3 Å². The molecular formula is C25H22N6OS. The summed E-state index contributed by atoms with van der Waals surface area (Å²) in [4.78, 5) is 14.1. The summed E-state index contributed by atoms with van der Waals surface area (Å²) in [7, 11) is 0.533. The molecule has 0 spiro atoms. The molecule has 164 valence electrons. The summed E-state index contributed by atoms with van der Waals surface area (Å²) in [6, 6.07) is 21.3. The van der Waals surface area contributed by atoms with Crippen molar-refractivity contribution in [3.8, 4) is 11.3 Å². The van der Waals surface area contributed by atoms with Gasteiger partial charge in [-0.25, -0.2) is 23.1 Å². The Kier molecular flexibility index (Phi) is 5.58. The van der Waals surface area contributed by atoms with Gasteiger partial charge in [-0.3, -0.25) is 0 Å². The number of pyridine rings is 1. The number of benzene rings is 2. The third kappa shape index (κ3) is 4.20. The van der Waals surface area contributed by atoms with E-state index < -0.39 is 11.0 Å². The monoisotopic (exact) mass is 454 g/mol. The van der Waals surface area contributed by atoms with Crippen LogP contribution in [-0.2, 0) is 11.0 Å². The Morgan fingerprint density at radius 3 is 2.61 bits per heavy atom. The Morgan fingerprint density at radius 2 is 1.79 bits per heavy atom. The van der Waals surface area contributed by atoms with E-state index >= 15 is 0 Å². The lowest BCUT2D eigenvalue weighted by Gasteiger charge is -2.11. The smallest absolute Gasteiger partial charge is 0.158 e. The van der Waals surface area contributed by atoms with E-state index in [-0.39, 0.29) is 0 Å². The summed E-state index contributed by atoms with van der Waals surface area (Å²) in [5.74, 6) is 0.694. The standard InChI is InChI=1S/C25H22N6OS/c1-17-8-9-20(26-2)13-22(17)30-24-14-23(28-16-29-24)19-12-18-10-11-31(25(18)27-15-19)33(32)21-6-4-3-5-7-21/h3-16,26H,1-2H3,(H,28,29,30). The molecule has 3 heterocycles. The Labute approximate surface area is 194 Å². The summed E-state index contributed by atoms with van der Waals surface area (Å²) in [5.41, 5.74) is 5.38. The molecule has 2 aromatic carbocycles. The molecule has 0 saturated heterocycles. The Hall–Kier alpha value is -4.04. The molecule has 0 fully saturated rings. The van der Waals surface area contributed by atoms with Crippen molar-refractivity contribution in [2.45, 2.75) is 11.8 Å². The number of fused-ring (bicyclic) bond motifs is 1. The van der Waals surface area contributed by atoms with Crippen LogP contribution in [0.2, 0.25) is 0 Å². The SMILES string of the molecule is CNc1ccc(C)c(Nc2cc(-c3cnc4c(ccn4S(=O)c4ccccc4)c3)ncn2)c1. The van der Waals surface area contributed by atoms with Gasteiger partial charge in [0.15, 0.2) is 16.6 Å². The van der Waals surface area contributed by atoms with Gasteiger partial charge in [0, 0.05) is 47.8 Å². The van der Waals surface area contributed by atoms with Crippen LogP contribution in [0.1, 0.15) is 5.56 Å². The fraction of sp³-hybridized carbons (Fsp3) is 0.0800. The fourth-order valence-electron chi connectivity index (χ4n) is 3.56. The normalized spacial score (nSPS) is 11.9. The van der Waals surface area contributed by atoms with Crippen molar-refractivity contribution >= 4 is 39.2 Å². The van der Waals surface area contributed by atoms with Crippen LogP contribution in [0, 0.1) is 6.92 Å². The maximum Gasteiger partial charge on any atom is 0.158 e. The molecule has 0 aliphatic heterocycles. The lowest BCUT2D eigenvalue weighted by Crippen LogP contribution is -2.04. The predicted molar refractivity (Wildman–Crippen MR) is 133 cm³/mol. The molecular weight excluding hydrogens is 432 g/mol. The van der Waals surface area contributed by atoms with Crippen molar-refractivity contribution in [1.29, 1.82) is 0 Å². The van der Waals surface area contributed by atoms with Gasteiger partial charge in [-0.2, -0.15) is 0 Å². The van der Waals surface area contributed by atoms with Crippen molar-refractivity contribution in [3.05, 3.63) is 91.0 Å². The highest BCUT2D eigenvalue weighted by Crippen LogP contribution is 2.27. The van der Waals surface area contributed by atoms with Crippen LogP contribution in [0.5, 0.6) is 0 Å². The highest BCUT2D eigenvalue weighted by molar-refractivity contribution is 7.83. The molecule has 5 aromatic rings. The van der Waals surface area contributed by atoms with E-state index in [0.717, 1.165) is 38.5 Å².